The van der Waals surface area contributed by atoms with E-state index in [2.05, 4.69) is 0 Å². The van der Waals surface area contributed by atoms with Crippen LogP contribution in [0.5, 0.6) is 5.88 Å². The summed E-state index contributed by atoms with van der Waals surface area (Å²) < 4.78 is 3.29. The van der Waals surface area contributed by atoms with Crippen molar-refractivity contribution in [1.29, 1.82) is 0 Å². The molecule has 130 valence electrons. The summed E-state index contributed by atoms with van der Waals surface area (Å²) >= 11 is 6.10. The standard InChI is InChI=1S/C21H17ClN2O2/c1-2-12-23-18-11-8-15-13-16(22)9-10-17(15)24(18)21(26)19(20(23)25)14-6-4-3-5-7-14/h3-11,13H,2,12H2,1H3. The third-order valence-electron chi connectivity index (χ3n) is 4.53. The fourth-order valence-corrected chi connectivity index (χ4v) is 3.56. The molecule has 0 amide bonds. The van der Waals surface area contributed by atoms with E-state index in [9.17, 15) is 9.90 Å². The lowest BCUT2D eigenvalue weighted by atomic mass is 10.1. The van der Waals surface area contributed by atoms with E-state index in [0.717, 1.165) is 17.3 Å². The van der Waals surface area contributed by atoms with E-state index in [4.69, 9.17) is 11.6 Å². The predicted molar refractivity (Wildman–Crippen MR) is 102 cm³/mol. The molecule has 5 heteroatoms. The minimum absolute atomic E-state index is 0.194. The van der Waals surface area contributed by atoms with Gasteiger partial charge >= 0.3 is 5.56 Å². The molecule has 26 heavy (non-hydrogen) atoms. The van der Waals surface area contributed by atoms with Crippen LogP contribution in [0.25, 0.3) is 27.7 Å². The second-order valence-corrected chi connectivity index (χ2v) is 6.67. The van der Waals surface area contributed by atoms with E-state index in [-0.39, 0.29) is 17.0 Å². The summed E-state index contributed by atoms with van der Waals surface area (Å²) in [7, 11) is 0. The van der Waals surface area contributed by atoms with Gasteiger partial charge in [-0.15, -0.1) is 0 Å². The van der Waals surface area contributed by atoms with Gasteiger partial charge in [-0.3, -0.25) is 0 Å². The van der Waals surface area contributed by atoms with E-state index in [1.807, 2.05) is 49.4 Å². The van der Waals surface area contributed by atoms with Crippen LogP contribution in [-0.4, -0.2) is 4.40 Å². The Hall–Kier alpha value is -2.85. The normalized spacial score (nSPS) is 11.3. The fourth-order valence-electron chi connectivity index (χ4n) is 3.38. The molecule has 4 nitrogen and oxygen atoms in total. The molecule has 0 fully saturated rings. The van der Waals surface area contributed by atoms with Crippen molar-refractivity contribution in [3.05, 3.63) is 76.0 Å². The van der Waals surface area contributed by atoms with Gasteiger partial charge in [0.2, 0.25) is 0 Å². The van der Waals surface area contributed by atoms with Crippen LogP contribution in [0.3, 0.4) is 0 Å². The molecule has 0 saturated carbocycles. The number of hydrogen-bond donors (Lipinski definition) is 0. The molecule has 0 aliphatic carbocycles. The monoisotopic (exact) mass is 364 g/mol. The SMILES string of the molecule is CCC[n+]1c([O-])c(-c2ccccc2)c(=O)n2c3ccc(Cl)cc3ccc21. The maximum absolute atomic E-state index is 13.3. The average molecular weight is 365 g/mol. The number of nitrogens with zero attached hydrogens (tertiary/aromatic N) is 2. The molecule has 2 aromatic heterocycles. The zero-order chi connectivity index (χ0) is 18.3. The largest absolute Gasteiger partial charge is 0.842 e. The molecule has 0 bridgehead atoms. The molecule has 0 radical (unpaired) electrons. The quantitative estimate of drug-likeness (QED) is 0.412. The van der Waals surface area contributed by atoms with Crippen molar-refractivity contribution in [3.8, 4) is 17.0 Å². The number of aryl methyl sites for hydroxylation is 1. The molecule has 0 aliphatic heterocycles. The zero-order valence-corrected chi connectivity index (χ0v) is 15.0. The van der Waals surface area contributed by atoms with Crippen molar-refractivity contribution < 1.29 is 9.67 Å². The highest BCUT2D eigenvalue weighted by Gasteiger charge is 2.21. The van der Waals surface area contributed by atoms with Gasteiger partial charge in [0.15, 0.2) is 0 Å². The molecule has 2 heterocycles. The Balaban J connectivity index is 2.22. The lowest BCUT2D eigenvalue weighted by Gasteiger charge is -2.17. The smallest absolute Gasteiger partial charge is 0.350 e. The number of halogens is 1. The minimum atomic E-state index is -0.309. The lowest BCUT2D eigenvalue weighted by Crippen LogP contribution is -2.44. The van der Waals surface area contributed by atoms with Crippen LogP contribution in [0.15, 0.2) is 65.5 Å². The van der Waals surface area contributed by atoms with Crippen molar-refractivity contribution in [1.82, 2.24) is 4.40 Å². The van der Waals surface area contributed by atoms with E-state index in [1.165, 1.54) is 0 Å². The van der Waals surface area contributed by atoms with Crippen LogP contribution in [0, 0.1) is 0 Å². The highest BCUT2D eigenvalue weighted by atomic mass is 35.5. The maximum atomic E-state index is 13.3. The molecule has 0 aliphatic rings. The molecule has 2 aromatic carbocycles. The summed E-state index contributed by atoms with van der Waals surface area (Å²) in [6.07, 6.45) is 0.792. The molecule has 4 rings (SSSR count). The average Bonchev–Trinajstić information content (AvgIpc) is 2.65. The number of pyridine rings is 1. The zero-order valence-electron chi connectivity index (χ0n) is 14.3. The number of rotatable bonds is 3. The van der Waals surface area contributed by atoms with Gasteiger partial charge in [0, 0.05) is 16.5 Å². The van der Waals surface area contributed by atoms with Crippen LogP contribution < -0.4 is 15.2 Å². The van der Waals surface area contributed by atoms with E-state index in [1.54, 1.807) is 27.2 Å². The van der Waals surface area contributed by atoms with E-state index < -0.39 is 0 Å². The molecule has 0 N–H and O–H groups in total. The summed E-state index contributed by atoms with van der Waals surface area (Å²) in [5.74, 6) is -0.253. The number of fused-ring (bicyclic) bond motifs is 3. The molecule has 0 atom stereocenters. The number of aromatic nitrogens is 2. The minimum Gasteiger partial charge on any atom is -0.842 e. The Morgan fingerprint density at radius 2 is 1.85 bits per heavy atom. The van der Waals surface area contributed by atoms with Gasteiger partial charge in [-0.05, 0) is 36.2 Å². The Labute approximate surface area is 155 Å². The van der Waals surface area contributed by atoms with Gasteiger partial charge in [-0.2, -0.15) is 4.40 Å². The summed E-state index contributed by atoms with van der Waals surface area (Å²) in [6.45, 7) is 2.55. The lowest BCUT2D eigenvalue weighted by molar-refractivity contribution is -0.715. The first-order chi connectivity index (χ1) is 12.6. The highest BCUT2D eigenvalue weighted by molar-refractivity contribution is 6.31. The third kappa shape index (κ3) is 2.54. The van der Waals surface area contributed by atoms with Crippen molar-refractivity contribution in [3.63, 3.8) is 0 Å². The fraction of sp³-hybridized carbons (Fsp3) is 0.143. The first-order valence-electron chi connectivity index (χ1n) is 8.55. The van der Waals surface area contributed by atoms with Gasteiger partial charge in [0.25, 0.3) is 5.65 Å². The van der Waals surface area contributed by atoms with Crippen LogP contribution >= 0.6 is 11.6 Å². The number of benzene rings is 2. The van der Waals surface area contributed by atoms with Gasteiger partial charge in [0.1, 0.15) is 11.1 Å². The van der Waals surface area contributed by atoms with Crippen LogP contribution in [0.1, 0.15) is 13.3 Å². The summed E-state index contributed by atoms with van der Waals surface area (Å²) in [5, 5.41) is 14.6. The Morgan fingerprint density at radius 3 is 2.58 bits per heavy atom. The summed E-state index contributed by atoms with van der Waals surface area (Å²) in [6, 6.07) is 18.2. The highest BCUT2D eigenvalue weighted by Crippen LogP contribution is 2.24. The second kappa shape index (κ2) is 6.46. The van der Waals surface area contributed by atoms with Crippen molar-refractivity contribution in [2.75, 3.05) is 0 Å². The van der Waals surface area contributed by atoms with E-state index >= 15 is 0 Å². The molecule has 0 unspecified atom stereocenters. The van der Waals surface area contributed by atoms with Crippen molar-refractivity contribution >= 4 is 28.2 Å². The molecule has 0 spiro atoms. The Kier molecular flexibility index (Phi) is 4.13. The van der Waals surface area contributed by atoms with Crippen LogP contribution in [0.4, 0.5) is 0 Å². The third-order valence-corrected chi connectivity index (χ3v) is 4.77. The molecular weight excluding hydrogens is 348 g/mol. The number of hydrogen-bond acceptors (Lipinski definition) is 2. The van der Waals surface area contributed by atoms with Gasteiger partial charge in [-0.25, -0.2) is 9.36 Å². The van der Waals surface area contributed by atoms with Gasteiger partial charge in [-0.1, -0.05) is 48.9 Å². The van der Waals surface area contributed by atoms with Crippen LogP contribution in [-0.2, 0) is 6.54 Å². The summed E-state index contributed by atoms with van der Waals surface area (Å²) in [5.41, 5.74) is 1.85. The summed E-state index contributed by atoms with van der Waals surface area (Å²) in [4.78, 5) is 13.3. The molecule has 0 saturated heterocycles. The topological polar surface area (TPSA) is 48.4 Å². The van der Waals surface area contributed by atoms with Crippen LogP contribution in [0.2, 0.25) is 5.02 Å². The van der Waals surface area contributed by atoms with Gasteiger partial charge < -0.3 is 5.11 Å². The second-order valence-electron chi connectivity index (χ2n) is 6.23. The Bertz CT molecular complexity index is 1180. The Morgan fingerprint density at radius 1 is 1.08 bits per heavy atom. The maximum Gasteiger partial charge on any atom is 0.350 e. The molecule has 4 aromatic rings. The molecular formula is C21H17ClN2O2. The van der Waals surface area contributed by atoms with Crippen molar-refractivity contribution in [2.24, 2.45) is 0 Å². The predicted octanol–water partition coefficient (Wildman–Crippen LogP) is 3.54. The first kappa shape index (κ1) is 16.6. The van der Waals surface area contributed by atoms with Gasteiger partial charge in [0.05, 0.1) is 12.4 Å². The first-order valence-corrected chi connectivity index (χ1v) is 8.93. The van der Waals surface area contributed by atoms with E-state index in [0.29, 0.717) is 22.8 Å². The van der Waals surface area contributed by atoms with Crippen molar-refractivity contribution in [2.45, 2.75) is 19.9 Å².